The summed E-state index contributed by atoms with van der Waals surface area (Å²) in [6, 6.07) is 6.46. The van der Waals surface area contributed by atoms with Gasteiger partial charge in [-0.3, -0.25) is 0 Å². The van der Waals surface area contributed by atoms with E-state index in [2.05, 4.69) is 37.0 Å². The molecule has 2 heteroatoms. The van der Waals surface area contributed by atoms with E-state index in [1.165, 1.54) is 16.5 Å². The van der Waals surface area contributed by atoms with E-state index >= 15 is 0 Å². The molecule has 2 nitrogen and oxygen atoms in total. The first kappa shape index (κ1) is 8.83. The van der Waals surface area contributed by atoms with Crippen LogP contribution in [0.1, 0.15) is 16.7 Å². The Morgan fingerprint density at radius 3 is 2.86 bits per heavy atom. The second-order valence-electron chi connectivity index (χ2n) is 3.65. The molecule has 0 aliphatic carbocycles. The average Bonchev–Trinajstić information content (AvgIpc) is 2.49. The maximum absolute atomic E-state index is 8.67. The molecule has 0 radical (unpaired) electrons. The number of fused-ring (bicyclic) bond motifs is 1. The van der Waals surface area contributed by atoms with Crippen molar-refractivity contribution in [2.24, 2.45) is 0 Å². The lowest BCUT2D eigenvalue weighted by Gasteiger charge is -1.99. The molecule has 2 aromatic rings. The van der Waals surface area contributed by atoms with Gasteiger partial charge >= 0.3 is 0 Å². The molecule has 0 unspecified atom stereocenters. The Morgan fingerprint density at radius 1 is 1.36 bits per heavy atom. The van der Waals surface area contributed by atoms with Crippen LogP contribution in [0.15, 0.2) is 18.3 Å². The molecule has 2 rings (SSSR count). The van der Waals surface area contributed by atoms with Gasteiger partial charge in [0.25, 0.3) is 0 Å². The van der Waals surface area contributed by atoms with Crippen LogP contribution in [0, 0.1) is 25.2 Å². The van der Waals surface area contributed by atoms with Crippen molar-refractivity contribution >= 4 is 10.9 Å². The molecule has 1 aromatic heterocycles. The van der Waals surface area contributed by atoms with Gasteiger partial charge < -0.3 is 4.98 Å². The van der Waals surface area contributed by atoms with Crippen molar-refractivity contribution in [2.45, 2.75) is 20.3 Å². The van der Waals surface area contributed by atoms with Crippen molar-refractivity contribution in [3.8, 4) is 6.07 Å². The second-order valence-corrected chi connectivity index (χ2v) is 3.65. The Hall–Kier alpha value is -1.75. The number of rotatable bonds is 1. The predicted octanol–water partition coefficient (Wildman–Crippen LogP) is 2.85. The molecule has 0 spiro atoms. The fourth-order valence-electron chi connectivity index (χ4n) is 1.88. The lowest BCUT2D eigenvalue weighted by atomic mass is 10.0. The van der Waals surface area contributed by atoms with Crippen LogP contribution in [0.4, 0.5) is 0 Å². The van der Waals surface area contributed by atoms with Gasteiger partial charge in [0.05, 0.1) is 12.5 Å². The van der Waals surface area contributed by atoms with E-state index in [0.29, 0.717) is 6.42 Å². The lowest BCUT2D eigenvalue weighted by molar-refractivity contribution is 1.27. The van der Waals surface area contributed by atoms with Crippen molar-refractivity contribution in [1.82, 2.24) is 4.98 Å². The smallest absolute Gasteiger partial charge is 0.0670 e. The van der Waals surface area contributed by atoms with E-state index < -0.39 is 0 Å². The number of nitrogens with one attached hydrogen (secondary N) is 1. The van der Waals surface area contributed by atoms with Crippen molar-refractivity contribution in [3.63, 3.8) is 0 Å². The zero-order chi connectivity index (χ0) is 10.1. The number of nitrogens with zero attached hydrogens (tertiary/aromatic N) is 1. The third-order valence-electron chi connectivity index (χ3n) is 2.49. The fourth-order valence-corrected chi connectivity index (χ4v) is 1.88. The summed E-state index contributed by atoms with van der Waals surface area (Å²) in [6.07, 6.45) is 2.41. The molecule has 0 saturated carbocycles. The Labute approximate surface area is 83.2 Å². The highest BCUT2D eigenvalue weighted by molar-refractivity contribution is 5.86. The number of aromatic amines is 1. The van der Waals surface area contributed by atoms with E-state index in [1.54, 1.807) is 0 Å². The van der Waals surface area contributed by atoms with Gasteiger partial charge in [0.2, 0.25) is 0 Å². The molecule has 0 fully saturated rings. The zero-order valence-electron chi connectivity index (χ0n) is 8.39. The molecule has 14 heavy (non-hydrogen) atoms. The average molecular weight is 184 g/mol. The molecule has 0 atom stereocenters. The summed E-state index contributed by atoms with van der Waals surface area (Å²) >= 11 is 0. The maximum Gasteiger partial charge on any atom is 0.0670 e. The number of aryl methyl sites for hydroxylation is 2. The van der Waals surface area contributed by atoms with E-state index in [9.17, 15) is 0 Å². The second kappa shape index (κ2) is 3.19. The van der Waals surface area contributed by atoms with Gasteiger partial charge in [0.1, 0.15) is 0 Å². The van der Waals surface area contributed by atoms with Gasteiger partial charge in [0.15, 0.2) is 0 Å². The Balaban J connectivity index is 2.73. The minimum absolute atomic E-state index is 0.475. The van der Waals surface area contributed by atoms with E-state index in [-0.39, 0.29) is 0 Å². The normalized spacial score (nSPS) is 10.4. The number of hydrogen-bond acceptors (Lipinski definition) is 1. The molecule has 0 amide bonds. The minimum Gasteiger partial charge on any atom is -0.361 e. The standard InChI is InChI=1S/C12H12N2/c1-8-5-9(2)12-11(6-8)10(3-4-13)7-14-12/h5-7,14H,3H2,1-2H3. The molecule has 0 aliphatic rings. The molecule has 70 valence electrons. The first-order chi connectivity index (χ1) is 6.72. The molecular weight excluding hydrogens is 172 g/mol. The summed E-state index contributed by atoms with van der Waals surface area (Å²) in [4.78, 5) is 3.22. The van der Waals surface area contributed by atoms with Gasteiger partial charge in [0, 0.05) is 17.1 Å². The van der Waals surface area contributed by atoms with Gasteiger partial charge in [-0.2, -0.15) is 5.26 Å². The molecule has 0 saturated heterocycles. The van der Waals surface area contributed by atoms with Crippen LogP contribution >= 0.6 is 0 Å². The van der Waals surface area contributed by atoms with Crippen LogP contribution in [-0.2, 0) is 6.42 Å². The third-order valence-corrected chi connectivity index (χ3v) is 2.49. The maximum atomic E-state index is 8.67. The van der Waals surface area contributed by atoms with Crippen LogP contribution in [0.25, 0.3) is 10.9 Å². The molecule has 1 heterocycles. The predicted molar refractivity (Wildman–Crippen MR) is 57.1 cm³/mol. The number of nitriles is 1. The van der Waals surface area contributed by atoms with Crippen molar-refractivity contribution < 1.29 is 0 Å². The molecule has 0 aliphatic heterocycles. The van der Waals surface area contributed by atoms with Gasteiger partial charge in [-0.05, 0) is 31.0 Å². The summed E-state index contributed by atoms with van der Waals surface area (Å²) in [5.41, 5.74) is 4.73. The SMILES string of the molecule is Cc1cc(C)c2[nH]cc(CC#N)c2c1. The zero-order valence-corrected chi connectivity index (χ0v) is 8.39. The van der Waals surface area contributed by atoms with Crippen LogP contribution < -0.4 is 0 Å². The van der Waals surface area contributed by atoms with E-state index in [4.69, 9.17) is 5.26 Å². The van der Waals surface area contributed by atoms with Crippen LogP contribution in [0.5, 0.6) is 0 Å². The molecule has 1 aromatic carbocycles. The lowest BCUT2D eigenvalue weighted by Crippen LogP contribution is -1.82. The largest absolute Gasteiger partial charge is 0.361 e. The Bertz CT molecular complexity index is 515. The van der Waals surface area contributed by atoms with Gasteiger partial charge in [-0.15, -0.1) is 0 Å². The molecule has 0 bridgehead atoms. The summed E-state index contributed by atoms with van der Waals surface area (Å²) in [6.45, 7) is 4.16. The Morgan fingerprint density at radius 2 is 2.14 bits per heavy atom. The monoisotopic (exact) mass is 184 g/mol. The highest BCUT2D eigenvalue weighted by Gasteiger charge is 2.05. The van der Waals surface area contributed by atoms with Crippen molar-refractivity contribution in [1.29, 1.82) is 5.26 Å². The highest BCUT2D eigenvalue weighted by Crippen LogP contribution is 2.23. The van der Waals surface area contributed by atoms with Crippen molar-refractivity contribution in [2.75, 3.05) is 0 Å². The summed E-state index contributed by atoms with van der Waals surface area (Å²) in [7, 11) is 0. The topological polar surface area (TPSA) is 39.6 Å². The summed E-state index contributed by atoms with van der Waals surface area (Å²) in [5.74, 6) is 0. The summed E-state index contributed by atoms with van der Waals surface area (Å²) < 4.78 is 0. The highest BCUT2D eigenvalue weighted by atomic mass is 14.7. The number of hydrogen-bond donors (Lipinski definition) is 1. The third kappa shape index (κ3) is 1.27. The quantitative estimate of drug-likeness (QED) is 0.727. The minimum atomic E-state index is 0.475. The molecular formula is C12H12N2. The van der Waals surface area contributed by atoms with Crippen LogP contribution in [0.2, 0.25) is 0 Å². The number of H-pyrrole nitrogens is 1. The van der Waals surface area contributed by atoms with Gasteiger partial charge in [-0.1, -0.05) is 11.6 Å². The van der Waals surface area contributed by atoms with E-state index in [0.717, 1.165) is 11.1 Å². The van der Waals surface area contributed by atoms with Gasteiger partial charge in [-0.25, -0.2) is 0 Å². The number of benzene rings is 1. The fraction of sp³-hybridized carbons (Fsp3) is 0.250. The first-order valence-electron chi connectivity index (χ1n) is 4.66. The first-order valence-corrected chi connectivity index (χ1v) is 4.66. The van der Waals surface area contributed by atoms with E-state index in [1.807, 2.05) is 6.20 Å². The van der Waals surface area contributed by atoms with Crippen LogP contribution in [-0.4, -0.2) is 4.98 Å². The number of aromatic nitrogens is 1. The van der Waals surface area contributed by atoms with Crippen molar-refractivity contribution in [3.05, 3.63) is 35.0 Å². The van der Waals surface area contributed by atoms with Crippen LogP contribution in [0.3, 0.4) is 0 Å². The molecule has 1 N–H and O–H groups in total. The summed E-state index contributed by atoms with van der Waals surface area (Å²) in [5, 5.41) is 9.86. The Kier molecular flexibility index (Phi) is 2.01.